The van der Waals surface area contributed by atoms with Gasteiger partial charge in [0, 0.05) is 16.6 Å². The van der Waals surface area contributed by atoms with Crippen molar-refractivity contribution in [1.29, 1.82) is 5.26 Å². The Kier molecular flexibility index (Phi) is 17.4. The molecule has 2 aromatic carbocycles. The predicted octanol–water partition coefficient (Wildman–Crippen LogP) is 8.46. The molecule has 1 N–H and O–H groups in total. The van der Waals surface area contributed by atoms with Crippen LogP contribution in [-0.4, -0.2) is 20.7 Å². The van der Waals surface area contributed by atoms with Crippen LogP contribution in [0.25, 0.3) is 0 Å². The Bertz CT molecular complexity index is 1030. The summed E-state index contributed by atoms with van der Waals surface area (Å²) >= 11 is 17.3. The molecule has 35 heavy (non-hydrogen) atoms. The summed E-state index contributed by atoms with van der Waals surface area (Å²) in [6, 6.07) is 12.9. The van der Waals surface area contributed by atoms with Gasteiger partial charge in [0.25, 0.3) is 0 Å². The minimum absolute atomic E-state index is 0.262. The zero-order chi connectivity index (χ0) is 27.0. The molecule has 0 saturated carbocycles. The largest absolute Gasteiger partial charge is 0.215 e. The van der Waals surface area contributed by atoms with E-state index in [0.717, 1.165) is 46.9 Å². The molecule has 4 nitrogen and oxygen atoms in total. The van der Waals surface area contributed by atoms with E-state index in [0.29, 0.717) is 29.0 Å². The molecule has 0 spiro atoms. The third-order valence-electron chi connectivity index (χ3n) is 5.43. The van der Waals surface area contributed by atoms with E-state index in [1.807, 2.05) is 38.1 Å². The summed E-state index contributed by atoms with van der Waals surface area (Å²) in [7, 11) is -3.03. The molecule has 0 amide bonds. The average Bonchev–Trinajstić information content (AvgIpc) is 2.80. The van der Waals surface area contributed by atoms with Crippen molar-refractivity contribution in [3.05, 3.63) is 68.2 Å². The summed E-state index contributed by atoms with van der Waals surface area (Å²) in [5.41, 5.74) is 2.71. The number of hydrogen-bond donors (Lipinski definition) is 1. The number of aryl methyl sites for hydroxylation is 2. The van der Waals surface area contributed by atoms with Gasteiger partial charge in [-0.1, -0.05) is 88.3 Å². The van der Waals surface area contributed by atoms with Gasteiger partial charge in [0.05, 0.1) is 16.3 Å². The lowest BCUT2D eigenvalue weighted by molar-refractivity contribution is 0.371. The Morgan fingerprint density at radius 1 is 1.00 bits per heavy atom. The maximum atomic E-state index is 11.5. The van der Waals surface area contributed by atoms with Crippen molar-refractivity contribution in [3.8, 4) is 6.07 Å². The summed E-state index contributed by atoms with van der Waals surface area (Å²) in [4.78, 5) is 0. The molecular weight excluding hydrogens is 523 g/mol. The zero-order valence-corrected chi connectivity index (χ0v) is 24.8. The molecule has 0 aliphatic carbocycles. The number of hydrogen-bond acceptors (Lipinski definition) is 3. The van der Waals surface area contributed by atoms with Crippen LogP contribution in [0.3, 0.4) is 0 Å². The molecule has 1 atom stereocenters. The van der Waals surface area contributed by atoms with Gasteiger partial charge < -0.3 is 0 Å². The highest BCUT2D eigenvalue weighted by Gasteiger charge is 2.15. The standard InChI is InChI=1S/C11H25NO2S.C8H8Cl2.C8H6ClN/c1-5-7-8-15(13,14)12-9-11(6-2)10(3)4;1-2-6-5-7(9)3-4-8(6)10;1-6-2-3-7(5-10)8(9)4-6/h10-12H,5-9H2,1-4H3;3-5H,2H2,1H3;2-4H,1H3. The Morgan fingerprint density at radius 2 is 1.66 bits per heavy atom. The fourth-order valence-electron chi connectivity index (χ4n) is 3.02. The van der Waals surface area contributed by atoms with Crippen molar-refractivity contribution in [2.45, 2.75) is 67.2 Å². The van der Waals surface area contributed by atoms with Gasteiger partial charge in [-0.15, -0.1) is 0 Å². The van der Waals surface area contributed by atoms with Crippen LogP contribution in [-0.2, 0) is 16.4 Å². The van der Waals surface area contributed by atoms with Crippen LogP contribution in [0.4, 0.5) is 0 Å². The predicted molar refractivity (Wildman–Crippen MR) is 152 cm³/mol. The van der Waals surface area contributed by atoms with Crippen molar-refractivity contribution in [1.82, 2.24) is 4.72 Å². The smallest absolute Gasteiger partial charge is 0.211 e. The van der Waals surface area contributed by atoms with Crippen LogP contribution in [0.2, 0.25) is 15.1 Å². The molecule has 1 unspecified atom stereocenters. The first kappa shape index (κ1) is 33.7. The highest BCUT2D eigenvalue weighted by molar-refractivity contribution is 7.89. The third kappa shape index (κ3) is 14.8. The second-order valence-corrected chi connectivity index (χ2v) is 11.8. The molecule has 0 aromatic heterocycles. The second kappa shape index (κ2) is 18.0. The Hall–Kier alpha value is -1.29. The van der Waals surface area contributed by atoms with Crippen LogP contribution in [0, 0.1) is 30.1 Å². The summed E-state index contributed by atoms with van der Waals surface area (Å²) in [6.07, 6.45) is 3.61. The lowest BCUT2D eigenvalue weighted by atomic mass is 9.94. The number of unbranched alkanes of at least 4 members (excludes halogenated alkanes) is 1. The maximum Gasteiger partial charge on any atom is 0.211 e. The highest BCUT2D eigenvalue weighted by atomic mass is 35.5. The van der Waals surface area contributed by atoms with E-state index in [2.05, 4.69) is 32.4 Å². The van der Waals surface area contributed by atoms with Gasteiger partial charge in [0.2, 0.25) is 10.0 Å². The van der Waals surface area contributed by atoms with Crippen molar-refractivity contribution < 1.29 is 8.42 Å². The van der Waals surface area contributed by atoms with Crippen LogP contribution >= 0.6 is 34.8 Å². The molecule has 8 heteroatoms. The fraction of sp³-hybridized carbons (Fsp3) is 0.519. The van der Waals surface area contributed by atoms with Crippen molar-refractivity contribution in [2.24, 2.45) is 11.8 Å². The normalized spacial score (nSPS) is 11.6. The molecule has 0 aliphatic rings. The first-order valence-corrected chi connectivity index (χ1v) is 14.8. The average molecular weight is 562 g/mol. The Balaban J connectivity index is 0.000000510. The van der Waals surface area contributed by atoms with E-state index < -0.39 is 10.0 Å². The van der Waals surface area contributed by atoms with Gasteiger partial charge in [0.15, 0.2) is 0 Å². The molecule has 0 radical (unpaired) electrons. The van der Waals surface area contributed by atoms with E-state index in [1.54, 1.807) is 18.2 Å². The van der Waals surface area contributed by atoms with Gasteiger partial charge in [-0.2, -0.15) is 5.26 Å². The van der Waals surface area contributed by atoms with E-state index in [-0.39, 0.29) is 5.75 Å². The van der Waals surface area contributed by atoms with Gasteiger partial charge >= 0.3 is 0 Å². The first-order chi connectivity index (χ1) is 16.4. The minimum atomic E-state index is -3.03. The lowest BCUT2D eigenvalue weighted by Gasteiger charge is -2.19. The number of nitrogens with one attached hydrogen (secondary N) is 1. The first-order valence-electron chi connectivity index (χ1n) is 12.0. The summed E-state index contributed by atoms with van der Waals surface area (Å²) in [5.74, 6) is 1.24. The highest BCUT2D eigenvalue weighted by Crippen LogP contribution is 2.20. The quantitative estimate of drug-likeness (QED) is 0.334. The number of nitriles is 1. The number of halogens is 3. The Morgan fingerprint density at radius 3 is 2.11 bits per heavy atom. The van der Waals surface area contributed by atoms with E-state index in [1.165, 1.54) is 0 Å². The third-order valence-corrected chi connectivity index (χ3v) is 7.78. The monoisotopic (exact) mass is 560 g/mol. The summed E-state index contributed by atoms with van der Waals surface area (Å²) in [6.45, 7) is 12.9. The van der Waals surface area contributed by atoms with Crippen LogP contribution < -0.4 is 4.72 Å². The Labute approximate surface area is 228 Å². The fourth-order valence-corrected chi connectivity index (χ4v) is 5.02. The van der Waals surface area contributed by atoms with Crippen molar-refractivity contribution >= 4 is 44.8 Å². The van der Waals surface area contributed by atoms with Crippen LogP contribution in [0.1, 0.15) is 70.6 Å². The van der Waals surface area contributed by atoms with E-state index >= 15 is 0 Å². The van der Waals surface area contributed by atoms with Crippen molar-refractivity contribution in [3.63, 3.8) is 0 Å². The van der Waals surface area contributed by atoms with E-state index in [4.69, 9.17) is 40.1 Å². The lowest BCUT2D eigenvalue weighted by Crippen LogP contribution is -2.32. The summed E-state index contributed by atoms with van der Waals surface area (Å²) in [5, 5.41) is 10.6. The molecule has 0 heterocycles. The SMILES string of the molecule is CCCCS(=O)(=O)NCC(CC)C(C)C.CCc1cc(Cl)ccc1Cl.Cc1ccc(C#N)c(Cl)c1. The molecule has 2 aromatic rings. The molecule has 0 fully saturated rings. The number of rotatable bonds is 9. The van der Waals surface area contributed by atoms with Crippen molar-refractivity contribution in [2.75, 3.05) is 12.3 Å². The topological polar surface area (TPSA) is 70.0 Å². The van der Waals surface area contributed by atoms with Gasteiger partial charge in [0.1, 0.15) is 6.07 Å². The van der Waals surface area contributed by atoms with Gasteiger partial charge in [-0.3, -0.25) is 0 Å². The molecule has 2 rings (SSSR count). The summed E-state index contributed by atoms with van der Waals surface area (Å²) < 4.78 is 25.7. The van der Waals surface area contributed by atoms with Gasteiger partial charge in [-0.25, -0.2) is 13.1 Å². The number of nitrogens with zero attached hydrogens (tertiary/aromatic N) is 1. The molecule has 196 valence electrons. The molecule has 0 aliphatic heterocycles. The van der Waals surface area contributed by atoms with Gasteiger partial charge in [-0.05, 0) is 73.1 Å². The minimum Gasteiger partial charge on any atom is -0.215 e. The second-order valence-electron chi connectivity index (χ2n) is 8.62. The van der Waals surface area contributed by atoms with E-state index in [9.17, 15) is 8.42 Å². The van der Waals surface area contributed by atoms with Crippen LogP contribution in [0.5, 0.6) is 0 Å². The molecular formula is C27H39Cl3N2O2S. The number of benzene rings is 2. The molecule has 0 bridgehead atoms. The number of sulfonamides is 1. The van der Waals surface area contributed by atoms with Crippen LogP contribution in [0.15, 0.2) is 36.4 Å². The molecule has 0 saturated heterocycles. The maximum absolute atomic E-state index is 11.5. The zero-order valence-electron chi connectivity index (χ0n) is 21.7.